The molecule has 2 aromatic rings. The maximum absolute atomic E-state index is 13.0. The zero-order valence-electron chi connectivity index (χ0n) is 15.2. The Hall–Kier alpha value is -1.97. The Labute approximate surface area is 150 Å². The fraction of sp³-hybridized carbons (Fsp3) is 0.409. The minimum atomic E-state index is -0.722. The van der Waals surface area contributed by atoms with Crippen molar-refractivity contribution in [1.82, 2.24) is 0 Å². The number of hydrogen-bond donors (Lipinski definition) is 0. The molecule has 0 N–H and O–H groups in total. The molecule has 2 aromatic carbocycles. The van der Waals surface area contributed by atoms with Crippen molar-refractivity contribution < 1.29 is 14.3 Å². The standard InChI is InChI=1S/C22H26O3/c1-16-10-7-8-14-18(16)20(23)21-19(24-22(2,3)25-21)15-9-13-17-11-5-4-6-12-17/h4-8,10-12,14,19,21H,9,13,15H2,1-3H3/t19-,21+/m0/s1. The minimum Gasteiger partial charge on any atom is -0.344 e. The number of ketones is 1. The fourth-order valence-corrected chi connectivity index (χ4v) is 3.42. The van der Waals surface area contributed by atoms with Crippen LogP contribution in [0.4, 0.5) is 0 Å². The van der Waals surface area contributed by atoms with Crippen LogP contribution in [-0.2, 0) is 15.9 Å². The molecule has 3 rings (SSSR count). The van der Waals surface area contributed by atoms with Gasteiger partial charge in [0, 0.05) is 5.56 Å². The molecule has 0 radical (unpaired) electrons. The van der Waals surface area contributed by atoms with Crippen molar-refractivity contribution in [2.45, 2.75) is 58.0 Å². The second-order valence-corrected chi connectivity index (χ2v) is 7.15. The van der Waals surface area contributed by atoms with Gasteiger partial charge in [-0.2, -0.15) is 0 Å². The molecule has 132 valence electrons. The lowest BCUT2D eigenvalue weighted by molar-refractivity contribution is -0.143. The van der Waals surface area contributed by atoms with Gasteiger partial charge in [-0.25, -0.2) is 0 Å². The van der Waals surface area contributed by atoms with Gasteiger partial charge in [0.25, 0.3) is 0 Å². The van der Waals surface area contributed by atoms with Crippen molar-refractivity contribution in [2.24, 2.45) is 0 Å². The van der Waals surface area contributed by atoms with Crippen LogP contribution in [0.3, 0.4) is 0 Å². The number of carbonyl (C=O) groups excluding carboxylic acids is 1. The van der Waals surface area contributed by atoms with E-state index in [9.17, 15) is 4.79 Å². The van der Waals surface area contributed by atoms with Crippen LogP contribution in [0.1, 0.15) is 48.2 Å². The Kier molecular flexibility index (Phi) is 5.36. The maximum atomic E-state index is 13.0. The lowest BCUT2D eigenvalue weighted by Gasteiger charge is -2.16. The summed E-state index contributed by atoms with van der Waals surface area (Å²) in [5.74, 6) is -0.700. The minimum absolute atomic E-state index is 0.0217. The first-order chi connectivity index (χ1) is 12.0. The molecule has 0 aromatic heterocycles. The van der Waals surface area contributed by atoms with E-state index >= 15 is 0 Å². The number of benzene rings is 2. The summed E-state index contributed by atoms with van der Waals surface area (Å²) in [5.41, 5.74) is 3.01. The van der Waals surface area contributed by atoms with Gasteiger partial charge < -0.3 is 9.47 Å². The van der Waals surface area contributed by atoms with Crippen LogP contribution in [-0.4, -0.2) is 23.8 Å². The zero-order valence-corrected chi connectivity index (χ0v) is 15.2. The smallest absolute Gasteiger partial charge is 0.194 e. The summed E-state index contributed by atoms with van der Waals surface area (Å²) in [5, 5.41) is 0. The van der Waals surface area contributed by atoms with Crippen molar-refractivity contribution in [1.29, 1.82) is 0 Å². The summed E-state index contributed by atoms with van der Waals surface area (Å²) in [7, 11) is 0. The van der Waals surface area contributed by atoms with Gasteiger partial charge in [-0.15, -0.1) is 0 Å². The molecule has 0 aliphatic carbocycles. The van der Waals surface area contributed by atoms with Crippen LogP contribution in [0, 0.1) is 6.92 Å². The molecule has 0 bridgehead atoms. The second-order valence-electron chi connectivity index (χ2n) is 7.15. The molecule has 25 heavy (non-hydrogen) atoms. The normalized spacial score (nSPS) is 22.0. The van der Waals surface area contributed by atoms with Gasteiger partial charge in [0.05, 0.1) is 6.10 Å². The molecule has 0 unspecified atom stereocenters. The first kappa shape index (κ1) is 17.8. The van der Waals surface area contributed by atoms with Crippen LogP contribution in [0.2, 0.25) is 0 Å². The predicted molar refractivity (Wildman–Crippen MR) is 98.7 cm³/mol. The van der Waals surface area contributed by atoms with E-state index in [4.69, 9.17) is 9.47 Å². The second kappa shape index (κ2) is 7.51. The molecule has 3 nitrogen and oxygen atoms in total. The van der Waals surface area contributed by atoms with Crippen molar-refractivity contribution in [3.8, 4) is 0 Å². The average molecular weight is 338 g/mol. The van der Waals surface area contributed by atoms with Crippen molar-refractivity contribution in [3.63, 3.8) is 0 Å². The molecule has 1 aliphatic rings. The van der Waals surface area contributed by atoms with Crippen LogP contribution < -0.4 is 0 Å². The van der Waals surface area contributed by atoms with Gasteiger partial charge in [0.15, 0.2) is 11.6 Å². The van der Waals surface area contributed by atoms with Gasteiger partial charge in [-0.1, -0.05) is 54.6 Å². The Morgan fingerprint density at radius 3 is 2.40 bits per heavy atom. The fourth-order valence-electron chi connectivity index (χ4n) is 3.42. The largest absolute Gasteiger partial charge is 0.344 e. The Balaban J connectivity index is 1.68. The van der Waals surface area contributed by atoms with Gasteiger partial charge in [0.2, 0.25) is 0 Å². The van der Waals surface area contributed by atoms with Crippen molar-refractivity contribution in [3.05, 3.63) is 71.3 Å². The summed E-state index contributed by atoms with van der Waals surface area (Å²) in [6, 6.07) is 18.1. The highest BCUT2D eigenvalue weighted by atomic mass is 16.8. The molecule has 0 amide bonds. The molecule has 2 atom stereocenters. The molecule has 0 spiro atoms. The lowest BCUT2D eigenvalue weighted by Crippen LogP contribution is -2.32. The highest BCUT2D eigenvalue weighted by Gasteiger charge is 2.45. The van der Waals surface area contributed by atoms with Crippen molar-refractivity contribution in [2.75, 3.05) is 0 Å². The quantitative estimate of drug-likeness (QED) is 0.715. The summed E-state index contributed by atoms with van der Waals surface area (Å²) in [4.78, 5) is 13.0. The van der Waals surface area contributed by atoms with E-state index < -0.39 is 11.9 Å². The van der Waals surface area contributed by atoms with E-state index in [1.807, 2.05) is 51.1 Å². The number of Topliss-reactive ketones (excluding diaryl/α,β-unsaturated/α-hetero) is 1. The summed E-state index contributed by atoms with van der Waals surface area (Å²) in [6.07, 6.45) is 2.01. The van der Waals surface area contributed by atoms with E-state index in [1.54, 1.807) is 0 Å². The van der Waals surface area contributed by atoms with E-state index in [1.165, 1.54) is 5.56 Å². The number of carbonyl (C=O) groups is 1. The third-order valence-electron chi connectivity index (χ3n) is 4.65. The number of aryl methyl sites for hydroxylation is 2. The SMILES string of the molecule is Cc1ccccc1C(=O)[C@@H]1OC(C)(C)O[C@H]1CCCc1ccccc1. The van der Waals surface area contributed by atoms with Gasteiger partial charge >= 0.3 is 0 Å². The molecule has 1 fully saturated rings. The Morgan fingerprint density at radius 2 is 1.68 bits per heavy atom. The number of ether oxygens (including phenoxy) is 2. The van der Waals surface area contributed by atoms with E-state index in [0.29, 0.717) is 0 Å². The number of rotatable bonds is 6. The Bertz CT molecular complexity index is 721. The average Bonchev–Trinajstić information content (AvgIpc) is 2.90. The van der Waals surface area contributed by atoms with E-state index in [-0.39, 0.29) is 11.9 Å². The van der Waals surface area contributed by atoms with Crippen LogP contribution in [0.15, 0.2) is 54.6 Å². The third kappa shape index (κ3) is 4.36. The predicted octanol–water partition coefficient (Wildman–Crippen LogP) is 4.72. The number of hydrogen-bond acceptors (Lipinski definition) is 3. The first-order valence-electron chi connectivity index (χ1n) is 8.96. The molecule has 1 heterocycles. The van der Waals surface area contributed by atoms with Crippen LogP contribution >= 0.6 is 0 Å². The highest BCUT2D eigenvalue weighted by Crippen LogP contribution is 2.33. The summed E-state index contributed by atoms with van der Waals surface area (Å²) >= 11 is 0. The lowest BCUT2D eigenvalue weighted by atomic mass is 9.95. The van der Waals surface area contributed by atoms with Crippen molar-refractivity contribution >= 4 is 5.78 Å². The van der Waals surface area contributed by atoms with E-state index in [2.05, 4.69) is 24.3 Å². The van der Waals surface area contributed by atoms with Gasteiger partial charge in [-0.05, 0) is 51.2 Å². The molecule has 1 saturated heterocycles. The monoisotopic (exact) mass is 338 g/mol. The van der Waals surface area contributed by atoms with Gasteiger partial charge in [0.1, 0.15) is 6.10 Å². The molecule has 0 saturated carbocycles. The molecule has 1 aliphatic heterocycles. The maximum Gasteiger partial charge on any atom is 0.194 e. The first-order valence-corrected chi connectivity index (χ1v) is 8.96. The third-order valence-corrected chi connectivity index (χ3v) is 4.65. The van der Waals surface area contributed by atoms with Crippen LogP contribution in [0.25, 0.3) is 0 Å². The van der Waals surface area contributed by atoms with E-state index in [0.717, 1.165) is 30.4 Å². The Morgan fingerprint density at radius 1 is 1.00 bits per heavy atom. The summed E-state index contributed by atoms with van der Waals surface area (Å²) in [6.45, 7) is 5.71. The summed E-state index contributed by atoms with van der Waals surface area (Å²) < 4.78 is 12.0. The molecule has 3 heteroatoms. The molecular weight excluding hydrogens is 312 g/mol. The molecular formula is C22H26O3. The van der Waals surface area contributed by atoms with Gasteiger partial charge in [-0.3, -0.25) is 4.79 Å². The zero-order chi connectivity index (χ0) is 17.9. The van der Waals surface area contributed by atoms with Crippen LogP contribution in [0.5, 0.6) is 0 Å². The highest BCUT2D eigenvalue weighted by molar-refractivity contribution is 6.01. The topological polar surface area (TPSA) is 35.5 Å².